The smallest absolute Gasteiger partial charge is 0.271 e. The molecule has 7 heteroatoms. The van der Waals surface area contributed by atoms with E-state index >= 15 is 0 Å². The van der Waals surface area contributed by atoms with Crippen molar-refractivity contribution in [3.05, 3.63) is 91.2 Å². The number of aromatic nitrogens is 1. The van der Waals surface area contributed by atoms with E-state index in [9.17, 15) is 15.2 Å². The first-order chi connectivity index (χ1) is 13.9. The van der Waals surface area contributed by atoms with Crippen LogP contribution < -0.4 is 5.56 Å². The van der Waals surface area contributed by atoms with Gasteiger partial charge >= 0.3 is 0 Å². The lowest BCUT2D eigenvalue weighted by Crippen LogP contribution is -2.26. The second-order valence-corrected chi connectivity index (χ2v) is 7.24. The van der Waals surface area contributed by atoms with Gasteiger partial charge in [0.15, 0.2) is 0 Å². The summed E-state index contributed by atoms with van der Waals surface area (Å²) < 4.78 is 1.19. The number of halogens is 2. The summed E-state index contributed by atoms with van der Waals surface area (Å²) in [6.45, 7) is 1.82. The van der Waals surface area contributed by atoms with Crippen LogP contribution in [-0.2, 0) is 13.0 Å². The van der Waals surface area contributed by atoms with E-state index in [1.807, 2.05) is 36.4 Å². The SMILES string of the molecule is Cc1c(C=Nc2cc(Cl)ccc2Cl)c(O)n(CCc2ccccc2)c(=O)c1C#N. The van der Waals surface area contributed by atoms with Crippen molar-refractivity contribution in [3.63, 3.8) is 0 Å². The van der Waals surface area contributed by atoms with Crippen LogP contribution in [0.4, 0.5) is 5.69 Å². The molecule has 0 unspecified atom stereocenters. The molecule has 0 aliphatic rings. The Labute approximate surface area is 178 Å². The van der Waals surface area contributed by atoms with Gasteiger partial charge in [-0.25, -0.2) is 0 Å². The summed E-state index contributed by atoms with van der Waals surface area (Å²) in [5, 5.41) is 21.1. The zero-order valence-corrected chi connectivity index (χ0v) is 17.1. The van der Waals surface area contributed by atoms with Gasteiger partial charge in [-0.05, 0) is 42.7 Å². The number of rotatable bonds is 5. The highest BCUT2D eigenvalue weighted by Crippen LogP contribution is 2.29. The molecule has 3 rings (SSSR count). The number of nitriles is 1. The van der Waals surface area contributed by atoms with Crippen LogP contribution in [0.3, 0.4) is 0 Å². The molecule has 1 heterocycles. The number of aromatic hydroxyl groups is 1. The maximum absolute atomic E-state index is 12.7. The molecule has 2 aromatic carbocycles. The topological polar surface area (TPSA) is 78.4 Å². The molecule has 0 aliphatic carbocycles. The van der Waals surface area contributed by atoms with Crippen LogP contribution in [0.25, 0.3) is 0 Å². The van der Waals surface area contributed by atoms with Gasteiger partial charge in [-0.1, -0.05) is 53.5 Å². The molecule has 0 atom stereocenters. The largest absolute Gasteiger partial charge is 0.494 e. The predicted octanol–water partition coefficient (Wildman–Crippen LogP) is 5.03. The highest BCUT2D eigenvalue weighted by Gasteiger charge is 2.18. The van der Waals surface area contributed by atoms with E-state index in [1.165, 1.54) is 10.8 Å². The lowest BCUT2D eigenvalue weighted by atomic mass is 10.1. The molecule has 0 saturated carbocycles. The minimum atomic E-state index is -0.531. The molecule has 0 amide bonds. The third-order valence-electron chi connectivity index (χ3n) is 4.55. The van der Waals surface area contributed by atoms with Crippen molar-refractivity contribution in [1.82, 2.24) is 4.57 Å². The van der Waals surface area contributed by atoms with Crippen molar-refractivity contribution in [2.24, 2.45) is 4.99 Å². The summed E-state index contributed by atoms with van der Waals surface area (Å²) in [6, 6.07) is 16.4. The quantitative estimate of drug-likeness (QED) is 0.581. The number of aliphatic imine (C=N–C) groups is 1. The average Bonchev–Trinajstić information content (AvgIpc) is 2.71. The van der Waals surface area contributed by atoms with Crippen LogP contribution >= 0.6 is 23.2 Å². The molecule has 146 valence electrons. The van der Waals surface area contributed by atoms with E-state index in [0.29, 0.717) is 27.7 Å². The van der Waals surface area contributed by atoms with E-state index in [2.05, 4.69) is 4.99 Å². The van der Waals surface area contributed by atoms with Crippen LogP contribution in [0.1, 0.15) is 22.3 Å². The average molecular weight is 426 g/mol. The molecule has 5 nitrogen and oxygen atoms in total. The Hall–Kier alpha value is -3.07. The molecule has 1 N–H and O–H groups in total. The van der Waals surface area contributed by atoms with Crippen molar-refractivity contribution in [2.45, 2.75) is 19.9 Å². The minimum Gasteiger partial charge on any atom is -0.494 e. The molecular formula is C22H17Cl2N3O2. The van der Waals surface area contributed by atoms with E-state index < -0.39 is 5.56 Å². The summed E-state index contributed by atoms with van der Waals surface area (Å²) >= 11 is 12.1. The summed E-state index contributed by atoms with van der Waals surface area (Å²) in [6.07, 6.45) is 1.92. The van der Waals surface area contributed by atoms with Crippen molar-refractivity contribution < 1.29 is 5.11 Å². The first-order valence-electron chi connectivity index (χ1n) is 8.82. The van der Waals surface area contributed by atoms with Gasteiger partial charge in [0, 0.05) is 17.8 Å². The Morgan fingerprint density at radius 3 is 2.62 bits per heavy atom. The number of aryl methyl sites for hydroxylation is 1. The van der Waals surface area contributed by atoms with Gasteiger partial charge in [0.1, 0.15) is 11.6 Å². The van der Waals surface area contributed by atoms with Crippen molar-refractivity contribution in [3.8, 4) is 11.9 Å². The second kappa shape index (κ2) is 8.95. The minimum absolute atomic E-state index is 0.0329. The molecule has 29 heavy (non-hydrogen) atoms. The molecular weight excluding hydrogens is 409 g/mol. The number of pyridine rings is 1. The molecule has 3 aromatic rings. The first kappa shape index (κ1) is 20.7. The third kappa shape index (κ3) is 4.51. The van der Waals surface area contributed by atoms with Crippen LogP contribution in [0.2, 0.25) is 10.0 Å². The highest BCUT2D eigenvalue weighted by atomic mass is 35.5. The van der Waals surface area contributed by atoms with E-state index in [4.69, 9.17) is 23.2 Å². The van der Waals surface area contributed by atoms with Gasteiger partial charge < -0.3 is 5.11 Å². The van der Waals surface area contributed by atoms with Gasteiger partial charge in [-0.15, -0.1) is 0 Å². The van der Waals surface area contributed by atoms with E-state index in [0.717, 1.165) is 5.56 Å². The van der Waals surface area contributed by atoms with Gasteiger partial charge in [-0.2, -0.15) is 5.26 Å². The standard InChI is InChI=1S/C22H17Cl2N3O2/c1-14-17(12-25)21(28)27(10-9-15-5-3-2-4-6-15)22(29)18(14)13-26-20-11-16(23)7-8-19(20)24/h2-8,11,13,29H,9-10H2,1H3. The molecule has 0 bridgehead atoms. The zero-order chi connectivity index (χ0) is 21.0. The van der Waals surface area contributed by atoms with Crippen LogP contribution in [0.5, 0.6) is 5.88 Å². The Balaban J connectivity index is 2.05. The lowest BCUT2D eigenvalue weighted by Gasteiger charge is -2.14. The van der Waals surface area contributed by atoms with Gasteiger partial charge in [0.25, 0.3) is 5.56 Å². The molecule has 0 spiro atoms. The predicted molar refractivity (Wildman–Crippen MR) is 116 cm³/mol. The first-order valence-corrected chi connectivity index (χ1v) is 9.57. The fourth-order valence-corrected chi connectivity index (χ4v) is 3.27. The molecule has 0 fully saturated rings. The Morgan fingerprint density at radius 1 is 1.21 bits per heavy atom. The third-order valence-corrected chi connectivity index (χ3v) is 5.11. The number of nitrogens with zero attached hydrogens (tertiary/aromatic N) is 3. The molecule has 1 aromatic heterocycles. The van der Waals surface area contributed by atoms with Crippen molar-refractivity contribution in [2.75, 3.05) is 0 Å². The summed E-state index contributed by atoms with van der Waals surface area (Å²) in [5.74, 6) is -0.246. The van der Waals surface area contributed by atoms with Gasteiger partial charge in [0.05, 0.1) is 16.3 Å². The van der Waals surface area contributed by atoms with Crippen LogP contribution in [0, 0.1) is 18.3 Å². The summed E-state index contributed by atoms with van der Waals surface area (Å²) in [5.41, 5.74) is 1.50. The molecule has 0 aliphatic heterocycles. The summed E-state index contributed by atoms with van der Waals surface area (Å²) in [7, 11) is 0. The van der Waals surface area contributed by atoms with Crippen molar-refractivity contribution >= 4 is 35.1 Å². The van der Waals surface area contributed by atoms with Gasteiger partial charge in [-0.3, -0.25) is 14.4 Å². The number of hydrogen-bond donors (Lipinski definition) is 1. The Kier molecular flexibility index (Phi) is 6.38. The maximum atomic E-state index is 12.7. The Bertz CT molecular complexity index is 1180. The van der Waals surface area contributed by atoms with Crippen LogP contribution in [0.15, 0.2) is 58.3 Å². The lowest BCUT2D eigenvalue weighted by molar-refractivity contribution is 0.404. The van der Waals surface area contributed by atoms with E-state index in [-0.39, 0.29) is 23.6 Å². The number of hydrogen-bond acceptors (Lipinski definition) is 4. The normalized spacial score (nSPS) is 11.0. The monoisotopic (exact) mass is 425 g/mol. The van der Waals surface area contributed by atoms with Crippen LogP contribution in [-0.4, -0.2) is 15.9 Å². The van der Waals surface area contributed by atoms with E-state index in [1.54, 1.807) is 25.1 Å². The zero-order valence-electron chi connectivity index (χ0n) is 15.6. The van der Waals surface area contributed by atoms with Crippen molar-refractivity contribution in [1.29, 1.82) is 5.26 Å². The summed E-state index contributed by atoms with van der Waals surface area (Å²) in [4.78, 5) is 17.0. The Morgan fingerprint density at radius 2 is 1.93 bits per heavy atom. The molecule has 0 radical (unpaired) electrons. The number of benzene rings is 2. The fraction of sp³-hybridized carbons (Fsp3) is 0.136. The maximum Gasteiger partial charge on any atom is 0.271 e. The highest BCUT2D eigenvalue weighted by molar-refractivity contribution is 6.35. The van der Waals surface area contributed by atoms with Gasteiger partial charge in [0.2, 0.25) is 5.88 Å². The fourth-order valence-electron chi connectivity index (χ4n) is 2.94. The second-order valence-electron chi connectivity index (χ2n) is 6.40. The molecule has 0 saturated heterocycles.